The predicted octanol–water partition coefficient (Wildman–Crippen LogP) is 0.841. The standard InChI is InChI=1S/C13H15FN2O3/c1-16(8-12(15)17)7-9-2-4-11(14)10(6-9)3-5-13(18)19/h2-6H,7-8H2,1H3,(H2,15,17)(H,18,19). The fraction of sp³-hybridized carbons (Fsp3) is 0.231. The lowest BCUT2D eigenvalue weighted by atomic mass is 10.1. The molecular formula is C13H15FN2O3. The second kappa shape index (κ2) is 6.65. The first-order valence-corrected chi connectivity index (χ1v) is 5.55. The van der Waals surface area contributed by atoms with Gasteiger partial charge < -0.3 is 10.8 Å². The average Bonchev–Trinajstić information content (AvgIpc) is 2.28. The third-order valence-electron chi connectivity index (χ3n) is 2.34. The van der Waals surface area contributed by atoms with Crippen molar-refractivity contribution in [1.82, 2.24) is 4.90 Å². The van der Waals surface area contributed by atoms with Crippen LogP contribution in [-0.2, 0) is 16.1 Å². The molecule has 102 valence electrons. The van der Waals surface area contributed by atoms with Gasteiger partial charge in [0.15, 0.2) is 0 Å². The summed E-state index contributed by atoms with van der Waals surface area (Å²) in [6.45, 7) is 0.509. The molecule has 0 saturated heterocycles. The quantitative estimate of drug-likeness (QED) is 0.747. The van der Waals surface area contributed by atoms with Crippen molar-refractivity contribution in [3.8, 4) is 0 Å². The van der Waals surface area contributed by atoms with E-state index < -0.39 is 17.7 Å². The van der Waals surface area contributed by atoms with Crippen LogP contribution in [0, 0.1) is 5.82 Å². The van der Waals surface area contributed by atoms with Gasteiger partial charge in [-0.3, -0.25) is 9.69 Å². The number of nitrogens with zero attached hydrogens (tertiary/aromatic N) is 1. The highest BCUT2D eigenvalue weighted by molar-refractivity contribution is 5.85. The van der Waals surface area contributed by atoms with Gasteiger partial charge in [0, 0.05) is 18.2 Å². The monoisotopic (exact) mass is 266 g/mol. The Morgan fingerprint density at radius 3 is 2.74 bits per heavy atom. The molecule has 0 heterocycles. The van der Waals surface area contributed by atoms with E-state index in [2.05, 4.69) is 0 Å². The molecule has 0 radical (unpaired) electrons. The van der Waals surface area contributed by atoms with E-state index in [-0.39, 0.29) is 12.1 Å². The van der Waals surface area contributed by atoms with E-state index in [0.717, 1.165) is 11.6 Å². The van der Waals surface area contributed by atoms with E-state index in [0.29, 0.717) is 6.54 Å². The van der Waals surface area contributed by atoms with Crippen LogP contribution in [0.15, 0.2) is 24.3 Å². The molecule has 0 saturated carbocycles. The van der Waals surface area contributed by atoms with Gasteiger partial charge in [-0.2, -0.15) is 0 Å². The maximum Gasteiger partial charge on any atom is 0.328 e. The number of amides is 1. The smallest absolute Gasteiger partial charge is 0.328 e. The number of likely N-dealkylation sites (N-methyl/N-ethyl adjacent to an activating group) is 1. The fourth-order valence-electron chi connectivity index (χ4n) is 1.61. The molecule has 0 unspecified atom stereocenters. The third kappa shape index (κ3) is 5.31. The lowest BCUT2D eigenvalue weighted by molar-refractivity contribution is -0.131. The molecule has 0 aliphatic rings. The van der Waals surface area contributed by atoms with Gasteiger partial charge in [0.2, 0.25) is 5.91 Å². The molecule has 6 heteroatoms. The van der Waals surface area contributed by atoms with E-state index in [9.17, 15) is 14.0 Å². The molecule has 1 amide bonds. The SMILES string of the molecule is CN(CC(N)=O)Cc1ccc(F)c(C=CC(=O)O)c1. The zero-order valence-corrected chi connectivity index (χ0v) is 10.5. The summed E-state index contributed by atoms with van der Waals surface area (Å²) >= 11 is 0. The van der Waals surface area contributed by atoms with Gasteiger partial charge in [0.25, 0.3) is 0 Å². The van der Waals surface area contributed by atoms with Crippen LogP contribution in [0.4, 0.5) is 4.39 Å². The van der Waals surface area contributed by atoms with Gasteiger partial charge in [-0.25, -0.2) is 9.18 Å². The molecule has 0 fully saturated rings. The van der Waals surface area contributed by atoms with E-state index in [1.54, 1.807) is 18.0 Å². The summed E-state index contributed by atoms with van der Waals surface area (Å²) in [6, 6.07) is 4.37. The van der Waals surface area contributed by atoms with Crippen molar-refractivity contribution in [2.45, 2.75) is 6.54 Å². The van der Waals surface area contributed by atoms with Crippen LogP contribution in [0.3, 0.4) is 0 Å². The Bertz CT molecular complexity index is 515. The zero-order valence-electron chi connectivity index (χ0n) is 10.5. The first kappa shape index (κ1) is 14.8. The van der Waals surface area contributed by atoms with Crippen LogP contribution in [-0.4, -0.2) is 35.5 Å². The molecule has 0 aromatic heterocycles. The Hall–Kier alpha value is -2.21. The number of rotatable bonds is 6. The van der Waals surface area contributed by atoms with Crippen LogP contribution in [0.2, 0.25) is 0 Å². The third-order valence-corrected chi connectivity index (χ3v) is 2.34. The summed E-state index contributed by atoms with van der Waals surface area (Å²) in [5.74, 6) is -2.09. The van der Waals surface area contributed by atoms with Crippen LogP contribution in [0.5, 0.6) is 0 Å². The van der Waals surface area contributed by atoms with E-state index in [1.165, 1.54) is 18.2 Å². The molecule has 5 nitrogen and oxygen atoms in total. The average molecular weight is 266 g/mol. The number of aliphatic carboxylic acids is 1. The molecule has 1 rings (SSSR count). The molecule has 0 spiro atoms. The van der Waals surface area contributed by atoms with Crippen molar-refractivity contribution in [2.75, 3.05) is 13.6 Å². The molecule has 1 aromatic rings. The maximum absolute atomic E-state index is 13.4. The summed E-state index contributed by atoms with van der Waals surface area (Å²) in [7, 11) is 1.71. The lowest BCUT2D eigenvalue weighted by Gasteiger charge is -2.14. The summed E-state index contributed by atoms with van der Waals surface area (Å²) < 4.78 is 13.4. The number of carbonyl (C=O) groups excluding carboxylic acids is 1. The van der Waals surface area contributed by atoms with Gasteiger partial charge in [-0.05, 0) is 30.8 Å². The minimum atomic E-state index is -1.14. The lowest BCUT2D eigenvalue weighted by Crippen LogP contribution is -2.30. The summed E-state index contributed by atoms with van der Waals surface area (Å²) in [4.78, 5) is 22.8. The summed E-state index contributed by atoms with van der Waals surface area (Å²) in [6.07, 6.45) is 2.06. The molecule has 3 N–H and O–H groups in total. The minimum absolute atomic E-state index is 0.0949. The summed E-state index contributed by atoms with van der Waals surface area (Å²) in [5.41, 5.74) is 6.01. The summed E-state index contributed by atoms with van der Waals surface area (Å²) in [5, 5.41) is 8.51. The zero-order chi connectivity index (χ0) is 14.4. The molecular weight excluding hydrogens is 251 g/mol. The number of benzene rings is 1. The first-order chi connectivity index (χ1) is 8.88. The normalized spacial score (nSPS) is 11.1. The van der Waals surface area contributed by atoms with Gasteiger partial charge >= 0.3 is 5.97 Å². The number of hydrogen-bond donors (Lipinski definition) is 2. The van der Waals surface area contributed by atoms with Gasteiger partial charge in [0.1, 0.15) is 5.82 Å². The van der Waals surface area contributed by atoms with Crippen molar-refractivity contribution < 1.29 is 19.1 Å². The van der Waals surface area contributed by atoms with Crippen LogP contribution in [0.25, 0.3) is 6.08 Å². The topological polar surface area (TPSA) is 83.6 Å². The Balaban J connectivity index is 2.84. The van der Waals surface area contributed by atoms with E-state index in [1.807, 2.05) is 0 Å². The van der Waals surface area contributed by atoms with Crippen molar-refractivity contribution in [3.63, 3.8) is 0 Å². The first-order valence-electron chi connectivity index (χ1n) is 5.55. The minimum Gasteiger partial charge on any atom is -0.478 e. The van der Waals surface area contributed by atoms with Crippen molar-refractivity contribution in [1.29, 1.82) is 0 Å². The number of carboxylic acids is 1. The van der Waals surface area contributed by atoms with Gasteiger partial charge in [-0.15, -0.1) is 0 Å². The Labute approximate surface area is 110 Å². The molecule has 0 bridgehead atoms. The van der Waals surface area contributed by atoms with E-state index in [4.69, 9.17) is 10.8 Å². The van der Waals surface area contributed by atoms with Crippen LogP contribution < -0.4 is 5.73 Å². The van der Waals surface area contributed by atoms with Gasteiger partial charge in [-0.1, -0.05) is 6.07 Å². The van der Waals surface area contributed by atoms with E-state index >= 15 is 0 Å². The fourth-order valence-corrected chi connectivity index (χ4v) is 1.61. The number of hydrogen-bond acceptors (Lipinski definition) is 3. The predicted molar refractivity (Wildman–Crippen MR) is 68.6 cm³/mol. The molecule has 0 aliphatic heterocycles. The number of primary amides is 1. The number of carboxylic acid groups (broad SMARTS) is 1. The Morgan fingerprint density at radius 2 is 2.16 bits per heavy atom. The van der Waals surface area contributed by atoms with Crippen molar-refractivity contribution >= 4 is 18.0 Å². The van der Waals surface area contributed by atoms with Crippen LogP contribution >= 0.6 is 0 Å². The number of nitrogens with two attached hydrogens (primary N) is 1. The maximum atomic E-state index is 13.4. The van der Waals surface area contributed by atoms with Crippen molar-refractivity contribution in [2.24, 2.45) is 5.73 Å². The number of halogens is 1. The Morgan fingerprint density at radius 1 is 1.47 bits per heavy atom. The highest BCUT2D eigenvalue weighted by Gasteiger charge is 2.06. The second-order valence-electron chi connectivity index (χ2n) is 4.17. The Kier molecular flexibility index (Phi) is 5.20. The van der Waals surface area contributed by atoms with Crippen molar-refractivity contribution in [3.05, 3.63) is 41.2 Å². The van der Waals surface area contributed by atoms with Gasteiger partial charge in [0.05, 0.1) is 6.54 Å². The highest BCUT2D eigenvalue weighted by Crippen LogP contribution is 2.13. The number of carbonyl (C=O) groups is 2. The molecule has 0 aliphatic carbocycles. The molecule has 0 atom stereocenters. The molecule has 19 heavy (non-hydrogen) atoms. The largest absolute Gasteiger partial charge is 0.478 e. The van der Waals surface area contributed by atoms with Crippen LogP contribution in [0.1, 0.15) is 11.1 Å². The molecule has 1 aromatic carbocycles. The second-order valence-corrected chi connectivity index (χ2v) is 4.17. The highest BCUT2D eigenvalue weighted by atomic mass is 19.1.